The molecule has 0 saturated heterocycles. The SMILES string of the molecule is COc1cc(F)ccc1Oc1cc(C(F)(F)F)ncc1C(=O)Nc1ccc[n+]([O-])c1. The van der Waals surface area contributed by atoms with Gasteiger partial charge >= 0.3 is 6.18 Å². The molecule has 0 unspecified atom stereocenters. The fourth-order valence-electron chi connectivity index (χ4n) is 2.42. The first-order valence-corrected chi connectivity index (χ1v) is 8.26. The maximum atomic E-state index is 13.4. The molecule has 0 spiro atoms. The van der Waals surface area contributed by atoms with E-state index in [1.165, 1.54) is 25.4 Å². The van der Waals surface area contributed by atoms with Gasteiger partial charge in [0.2, 0.25) is 6.20 Å². The number of nitrogens with one attached hydrogen (secondary N) is 1. The van der Waals surface area contributed by atoms with Gasteiger partial charge in [-0.1, -0.05) is 0 Å². The molecule has 0 aliphatic carbocycles. The van der Waals surface area contributed by atoms with E-state index in [1.807, 2.05) is 0 Å². The van der Waals surface area contributed by atoms with Gasteiger partial charge in [0.15, 0.2) is 17.7 Å². The molecule has 11 heteroatoms. The third kappa shape index (κ3) is 4.74. The molecular formula is C19H13F4N3O4. The van der Waals surface area contributed by atoms with Crippen LogP contribution < -0.4 is 19.5 Å². The Bertz CT molecular complexity index is 1090. The zero-order chi connectivity index (χ0) is 21.9. The van der Waals surface area contributed by atoms with Crippen LogP contribution in [0.2, 0.25) is 0 Å². The van der Waals surface area contributed by atoms with E-state index >= 15 is 0 Å². The summed E-state index contributed by atoms with van der Waals surface area (Å²) in [4.78, 5) is 15.9. The first-order valence-electron chi connectivity index (χ1n) is 8.26. The number of benzene rings is 1. The minimum Gasteiger partial charge on any atom is -0.619 e. The van der Waals surface area contributed by atoms with Crippen molar-refractivity contribution in [2.24, 2.45) is 0 Å². The van der Waals surface area contributed by atoms with Crippen LogP contribution >= 0.6 is 0 Å². The highest BCUT2D eigenvalue weighted by molar-refractivity contribution is 6.06. The summed E-state index contributed by atoms with van der Waals surface area (Å²) in [5.41, 5.74) is -1.55. The summed E-state index contributed by atoms with van der Waals surface area (Å²) >= 11 is 0. The van der Waals surface area contributed by atoms with Gasteiger partial charge in [-0.2, -0.15) is 17.9 Å². The van der Waals surface area contributed by atoms with Crippen molar-refractivity contribution >= 4 is 11.6 Å². The average molecular weight is 423 g/mol. The van der Waals surface area contributed by atoms with Crippen molar-refractivity contribution in [2.75, 3.05) is 12.4 Å². The Balaban J connectivity index is 2.01. The molecule has 3 aromatic rings. The first kappa shape index (κ1) is 20.8. The van der Waals surface area contributed by atoms with E-state index in [-0.39, 0.29) is 22.7 Å². The van der Waals surface area contributed by atoms with Crippen molar-refractivity contribution in [2.45, 2.75) is 6.18 Å². The number of methoxy groups -OCH3 is 1. The maximum Gasteiger partial charge on any atom is 0.433 e. The molecular weight excluding hydrogens is 410 g/mol. The number of alkyl halides is 3. The zero-order valence-corrected chi connectivity index (χ0v) is 15.2. The van der Waals surface area contributed by atoms with Crippen LogP contribution in [0.4, 0.5) is 23.2 Å². The predicted molar refractivity (Wildman–Crippen MR) is 95.6 cm³/mol. The number of halogens is 4. The lowest BCUT2D eigenvalue weighted by Crippen LogP contribution is -2.25. The molecule has 3 rings (SSSR count). The van der Waals surface area contributed by atoms with Crippen molar-refractivity contribution in [1.82, 2.24) is 4.98 Å². The number of pyridine rings is 2. The highest BCUT2D eigenvalue weighted by Crippen LogP contribution is 2.36. The van der Waals surface area contributed by atoms with Crippen LogP contribution in [0.5, 0.6) is 17.2 Å². The lowest BCUT2D eigenvalue weighted by Gasteiger charge is -2.15. The number of carbonyl (C=O) groups excluding carboxylic acids is 1. The Hall–Kier alpha value is -3.89. The predicted octanol–water partition coefficient (Wildman–Crippen LogP) is 3.93. The van der Waals surface area contributed by atoms with Crippen LogP contribution in [0.15, 0.2) is 55.0 Å². The van der Waals surface area contributed by atoms with E-state index in [2.05, 4.69) is 10.3 Å². The van der Waals surface area contributed by atoms with Crippen molar-refractivity contribution in [3.05, 3.63) is 77.3 Å². The molecule has 0 fully saturated rings. The molecule has 0 radical (unpaired) electrons. The monoisotopic (exact) mass is 423 g/mol. The lowest BCUT2D eigenvalue weighted by atomic mass is 10.2. The minimum absolute atomic E-state index is 0.0952. The van der Waals surface area contributed by atoms with Gasteiger partial charge in [0.1, 0.15) is 28.5 Å². The topological polar surface area (TPSA) is 87.4 Å². The number of rotatable bonds is 5. The van der Waals surface area contributed by atoms with Crippen LogP contribution in [0.25, 0.3) is 0 Å². The largest absolute Gasteiger partial charge is 0.619 e. The molecule has 156 valence electrons. The Morgan fingerprint density at radius 3 is 2.60 bits per heavy atom. The van der Waals surface area contributed by atoms with Gasteiger partial charge in [-0.25, -0.2) is 4.39 Å². The molecule has 2 aromatic heterocycles. The molecule has 0 atom stereocenters. The van der Waals surface area contributed by atoms with Crippen molar-refractivity contribution in [3.8, 4) is 17.2 Å². The molecule has 0 bridgehead atoms. The molecule has 1 N–H and O–H groups in total. The second-order valence-corrected chi connectivity index (χ2v) is 5.87. The quantitative estimate of drug-likeness (QED) is 0.382. The standard InChI is InChI=1S/C19H13F4N3O4/c1-29-16-7-11(20)4-5-14(16)30-15-8-17(19(21,22)23)24-9-13(15)18(27)25-12-3-2-6-26(28)10-12/h2-10H,1H3,(H,25,27). The number of hydrogen-bond donors (Lipinski definition) is 1. The maximum absolute atomic E-state index is 13.4. The summed E-state index contributed by atoms with van der Waals surface area (Å²) < 4.78 is 63.5. The Morgan fingerprint density at radius 2 is 1.93 bits per heavy atom. The van der Waals surface area contributed by atoms with Crippen molar-refractivity contribution in [3.63, 3.8) is 0 Å². The zero-order valence-electron chi connectivity index (χ0n) is 15.2. The Labute approximate surface area is 167 Å². The second kappa shape index (κ2) is 8.23. The molecule has 0 aliphatic heterocycles. The first-order chi connectivity index (χ1) is 14.2. The number of hydrogen-bond acceptors (Lipinski definition) is 5. The smallest absolute Gasteiger partial charge is 0.433 e. The van der Waals surface area contributed by atoms with E-state index in [4.69, 9.17) is 9.47 Å². The highest BCUT2D eigenvalue weighted by atomic mass is 19.4. The average Bonchev–Trinajstić information content (AvgIpc) is 2.68. The van der Waals surface area contributed by atoms with E-state index in [9.17, 15) is 27.6 Å². The van der Waals surface area contributed by atoms with Gasteiger partial charge in [-0.3, -0.25) is 9.78 Å². The van der Waals surface area contributed by atoms with Gasteiger partial charge in [0.05, 0.1) is 7.11 Å². The third-order valence-corrected chi connectivity index (χ3v) is 3.78. The summed E-state index contributed by atoms with van der Waals surface area (Å²) in [6, 6.07) is 6.44. The number of ether oxygens (including phenoxy) is 2. The van der Waals surface area contributed by atoms with Crippen LogP contribution in [-0.2, 0) is 6.18 Å². The van der Waals surface area contributed by atoms with Gasteiger partial charge in [0, 0.05) is 24.4 Å². The molecule has 1 amide bonds. The normalized spacial score (nSPS) is 11.1. The molecule has 0 aliphatic rings. The van der Waals surface area contributed by atoms with Crippen LogP contribution in [0.1, 0.15) is 16.1 Å². The fourth-order valence-corrected chi connectivity index (χ4v) is 2.42. The molecule has 0 saturated carbocycles. The molecule has 30 heavy (non-hydrogen) atoms. The van der Waals surface area contributed by atoms with Crippen LogP contribution in [0, 0.1) is 11.0 Å². The van der Waals surface area contributed by atoms with E-state index in [0.717, 1.165) is 24.4 Å². The molecule has 1 aromatic carbocycles. The van der Waals surface area contributed by atoms with Crippen molar-refractivity contribution in [1.29, 1.82) is 0 Å². The summed E-state index contributed by atoms with van der Waals surface area (Å²) in [7, 11) is 1.22. The second-order valence-electron chi connectivity index (χ2n) is 5.87. The molecule has 7 nitrogen and oxygen atoms in total. The van der Waals surface area contributed by atoms with Gasteiger partial charge in [-0.15, -0.1) is 0 Å². The summed E-state index contributed by atoms with van der Waals surface area (Å²) in [5.74, 6) is -2.24. The van der Waals surface area contributed by atoms with Crippen LogP contribution in [0.3, 0.4) is 0 Å². The summed E-state index contributed by atoms with van der Waals surface area (Å²) in [5, 5.41) is 13.7. The number of nitrogens with zero attached hydrogens (tertiary/aromatic N) is 2. The van der Waals surface area contributed by atoms with E-state index < -0.39 is 29.3 Å². The Kier molecular flexibility index (Phi) is 5.72. The minimum atomic E-state index is -4.80. The lowest BCUT2D eigenvalue weighted by molar-refractivity contribution is -0.604. The Morgan fingerprint density at radius 1 is 1.17 bits per heavy atom. The number of amides is 1. The highest BCUT2D eigenvalue weighted by Gasteiger charge is 2.34. The summed E-state index contributed by atoms with van der Waals surface area (Å²) in [6.45, 7) is 0. The van der Waals surface area contributed by atoms with Crippen molar-refractivity contribution < 1.29 is 36.6 Å². The van der Waals surface area contributed by atoms with E-state index in [0.29, 0.717) is 17.0 Å². The summed E-state index contributed by atoms with van der Waals surface area (Å²) in [6.07, 6.45) is -1.87. The number of carbonyl (C=O) groups is 1. The van der Waals surface area contributed by atoms with Crippen LogP contribution in [-0.4, -0.2) is 18.0 Å². The third-order valence-electron chi connectivity index (χ3n) is 3.78. The van der Waals surface area contributed by atoms with Gasteiger partial charge in [-0.05, 0) is 18.2 Å². The van der Waals surface area contributed by atoms with Gasteiger partial charge < -0.3 is 20.0 Å². The van der Waals surface area contributed by atoms with E-state index in [1.54, 1.807) is 0 Å². The fraction of sp³-hybridized carbons (Fsp3) is 0.105. The van der Waals surface area contributed by atoms with Gasteiger partial charge in [0.25, 0.3) is 5.91 Å². The molecule has 2 heterocycles. The number of anilines is 1. The number of aromatic nitrogens is 2.